The number of hydrogen-bond donors (Lipinski definition) is 2. The number of H-pyrrole nitrogens is 1. The van der Waals surface area contributed by atoms with Gasteiger partial charge in [0.25, 0.3) is 5.56 Å². The molecule has 0 fully saturated rings. The quantitative estimate of drug-likeness (QED) is 0.418. The van der Waals surface area contributed by atoms with Gasteiger partial charge in [-0.3, -0.25) is 19.1 Å². The van der Waals surface area contributed by atoms with E-state index in [0.717, 1.165) is 27.7 Å². The molecule has 36 heavy (non-hydrogen) atoms. The molecular formula is C26H26FN3O5S. The molecule has 188 valence electrons. The van der Waals surface area contributed by atoms with Gasteiger partial charge in [-0.2, -0.15) is 0 Å². The number of rotatable bonds is 5. The fourth-order valence-electron chi connectivity index (χ4n) is 4.12. The Bertz CT molecular complexity index is 1720. The second-order valence-corrected chi connectivity index (χ2v) is 11.3. The van der Waals surface area contributed by atoms with Gasteiger partial charge in [-0.15, -0.1) is 0 Å². The summed E-state index contributed by atoms with van der Waals surface area (Å²) in [5, 5.41) is 1.49. The van der Waals surface area contributed by atoms with Gasteiger partial charge in [0.15, 0.2) is 5.82 Å². The average Bonchev–Trinajstić information content (AvgIpc) is 2.77. The molecule has 0 spiro atoms. The van der Waals surface area contributed by atoms with E-state index in [1.54, 1.807) is 42.5 Å². The fourth-order valence-corrected chi connectivity index (χ4v) is 4.67. The number of nitrogens with zero attached hydrogens (tertiary/aromatic N) is 1. The normalized spacial score (nSPS) is 12.1. The molecule has 3 aromatic carbocycles. The van der Waals surface area contributed by atoms with Gasteiger partial charge in [-0.1, -0.05) is 39.0 Å². The average molecular weight is 512 g/mol. The highest BCUT2D eigenvalue weighted by Gasteiger charge is 2.28. The van der Waals surface area contributed by atoms with E-state index in [4.69, 9.17) is 4.74 Å². The Hall–Kier alpha value is -3.92. The number of sulfonamides is 1. The van der Waals surface area contributed by atoms with Gasteiger partial charge < -0.3 is 4.74 Å². The Balaban J connectivity index is 2.00. The molecule has 0 amide bonds. The molecule has 10 heteroatoms. The molecule has 0 aliphatic rings. The van der Waals surface area contributed by atoms with Gasteiger partial charge in [0.1, 0.15) is 5.75 Å². The number of nitrogens with one attached hydrogen (secondary N) is 2. The monoisotopic (exact) mass is 511 g/mol. The molecule has 0 radical (unpaired) electrons. The lowest BCUT2D eigenvalue weighted by atomic mass is 9.83. The van der Waals surface area contributed by atoms with Crippen LogP contribution in [0.15, 0.2) is 64.3 Å². The van der Waals surface area contributed by atoms with Crippen molar-refractivity contribution in [3.8, 4) is 22.6 Å². The van der Waals surface area contributed by atoms with Crippen LogP contribution in [-0.4, -0.2) is 31.3 Å². The SMILES string of the molecule is COc1c(C(C)(C)C)cc(-n2ccc(=O)[nH]c2=O)c(F)c1-c1ccc2cc(NS(C)(=O)=O)ccc2c1. The minimum atomic E-state index is -3.43. The number of methoxy groups -OCH3 is 1. The largest absolute Gasteiger partial charge is 0.496 e. The first-order valence-electron chi connectivity index (χ1n) is 11.0. The van der Waals surface area contributed by atoms with Gasteiger partial charge in [0.05, 0.1) is 24.6 Å². The van der Waals surface area contributed by atoms with Crippen molar-refractivity contribution in [2.24, 2.45) is 0 Å². The van der Waals surface area contributed by atoms with Crippen molar-refractivity contribution in [2.45, 2.75) is 26.2 Å². The minimum absolute atomic E-state index is 0.0234. The number of halogens is 1. The molecule has 0 saturated carbocycles. The zero-order valence-electron chi connectivity index (χ0n) is 20.5. The fraction of sp³-hybridized carbons (Fsp3) is 0.231. The van der Waals surface area contributed by atoms with E-state index in [-0.39, 0.29) is 11.3 Å². The molecular weight excluding hydrogens is 485 g/mol. The van der Waals surface area contributed by atoms with Gasteiger partial charge in [0.2, 0.25) is 10.0 Å². The zero-order valence-corrected chi connectivity index (χ0v) is 21.3. The highest BCUT2D eigenvalue weighted by Crippen LogP contribution is 2.43. The van der Waals surface area contributed by atoms with E-state index in [9.17, 15) is 18.0 Å². The maximum atomic E-state index is 16.2. The smallest absolute Gasteiger partial charge is 0.333 e. The minimum Gasteiger partial charge on any atom is -0.496 e. The van der Waals surface area contributed by atoms with Crippen molar-refractivity contribution in [1.29, 1.82) is 0 Å². The molecule has 2 N–H and O–H groups in total. The molecule has 0 bridgehead atoms. The molecule has 0 aliphatic carbocycles. The standard InChI is InChI=1S/C26H26FN3O5S/c1-26(2,3)19-14-20(30-11-10-21(31)28-25(30)32)23(27)22(24(19)35-4)17-7-6-16-13-18(29-36(5,33)34)9-8-15(16)12-17/h6-14,29H,1-5H3,(H,28,31,32). The lowest BCUT2D eigenvalue weighted by molar-refractivity contribution is 0.396. The lowest BCUT2D eigenvalue weighted by Gasteiger charge is -2.26. The van der Waals surface area contributed by atoms with Crippen LogP contribution in [0.1, 0.15) is 26.3 Å². The van der Waals surface area contributed by atoms with Gasteiger partial charge in [0, 0.05) is 23.5 Å². The third-order valence-electron chi connectivity index (χ3n) is 5.72. The van der Waals surface area contributed by atoms with E-state index in [1.165, 1.54) is 13.3 Å². The van der Waals surface area contributed by atoms with Crippen molar-refractivity contribution in [3.63, 3.8) is 0 Å². The predicted octanol–water partition coefficient (Wildman–Crippen LogP) is 4.16. The molecule has 0 saturated heterocycles. The van der Waals surface area contributed by atoms with Crippen LogP contribution in [0.3, 0.4) is 0 Å². The van der Waals surface area contributed by atoms with E-state index >= 15 is 4.39 Å². The molecule has 0 aliphatic heterocycles. The molecule has 1 heterocycles. The van der Waals surface area contributed by atoms with Gasteiger partial charge in [-0.05, 0) is 46.0 Å². The Labute approximate surface area is 207 Å². The Kier molecular flexibility index (Phi) is 6.25. The first-order chi connectivity index (χ1) is 16.8. The topological polar surface area (TPSA) is 110 Å². The van der Waals surface area contributed by atoms with Crippen LogP contribution in [-0.2, 0) is 15.4 Å². The van der Waals surface area contributed by atoms with Crippen molar-refractivity contribution < 1.29 is 17.5 Å². The summed E-state index contributed by atoms with van der Waals surface area (Å²) in [5.41, 5.74) is -0.0912. The van der Waals surface area contributed by atoms with Crippen LogP contribution in [0.5, 0.6) is 5.75 Å². The summed E-state index contributed by atoms with van der Waals surface area (Å²) in [6, 6.07) is 13.0. The number of anilines is 1. The summed E-state index contributed by atoms with van der Waals surface area (Å²) in [5.74, 6) is -0.361. The van der Waals surface area contributed by atoms with Crippen LogP contribution < -0.4 is 20.7 Å². The van der Waals surface area contributed by atoms with Crippen molar-refractivity contribution in [2.75, 3.05) is 18.1 Å². The summed E-state index contributed by atoms with van der Waals surface area (Å²) in [6.45, 7) is 5.84. The number of hydrogen-bond acceptors (Lipinski definition) is 5. The van der Waals surface area contributed by atoms with Crippen molar-refractivity contribution in [3.05, 3.63) is 86.9 Å². The van der Waals surface area contributed by atoms with Crippen LogP contribution >= 0.6 is 0 Å². The molecule has 8 nitrogen and oxygen atoms in total. The Morgan fingerprint density at radius 2 is 1.67 bits per heavy atom. The number of ether oxygens (including phenoxy) is 1. The number of aromatic amines is 1. The van der Waals surface area contributed by atoms with Crippen LogP contribution in [0, 0.1) is 5.82 Å². The molecule has 0 atom stereocenters. The highest BCUT2D eigenvalue weighted by molar-refractivity contribution is 7.92. The number of aromatic nitrogens is 2. The van der Waals surface area contributed by atoms with Crippen LogP contribution in [0.2, 0.25) is 0 Å². The Morgan fingerprint density at radius 3 is 2.28 bits per heavy atom. The number of benzene rings is 3. The van der Waals surface area contributed by atoms with Gasteiger partial charge >= 0.3 is 5.69 Å². The molecule has 1 aromatic heterocycles. The van der Waals surface area contributed by atoms with Crippen molar-refractivity contribution >= 4 is 26.5 Å². The third kappa shape index (κ3) is 4.90. The van der Waals surface area contributed by atoms with Gasteiger partial charge in [-0.25, -0.2) is 17.6 Å². The zero-order chi connectivity index (χ0) is 26.4. The van der Waals surface area contributed by atoms with E-state index in [2.05, 4.69) is 9.71 Å². The number of fused-ring (bicyclic) bond motifs is 1. The first-order valence-corrected chi connectivity index (χ1v) is 12.9. The second kappa shape index (κ2) is 8.94. The highest BCUT2D eigenvalue weighted by atomic mass is 32.2. The Morgan fingerprint density at radius 1 is 1.00 bits per heavy atom. The molecule has 4 aromatic rings. The summed E-state index contributed by atoms with van der Waals surface area (Å²) < 4.78 is 48.5. The molecule has 0 unspecified atom stereocenters. The summed E-state index contributed by atoms with van der Waals surface area (Å²) in [4.78, 5) is 26.3. The summed E-state index contributed by atoms with van der Waals surface area (Å²) >= 11 is 0. The lowest BCUT2D eigenvalue weighted by Crippen LogP contribution is -2.28. The van der Waals surface area contributed by atoms with E-state index in [1.807, 2.05) is 20.8 Å². The van der Waals surface area contributed by atoms with E-state index < -0.39 is 32.5 Å². The van der Waals surface area contributed by atoms with Crippen LogP contribution in [0.25, 0.3) is 27.6 Å². The van der Waals surface area contributed by atoms with E-state index in [0.29, 0.717) is 22.6 Å². The third-order valence-corrected chi connectivity index (χ3v) is 6.33. The maximum absolute atomic E-state index is 16.2. The maximum Gasteiger partial charge on any atom is 0.333 e. The van der Waals surface area contributed by atoms with Crippen molar-refractivity contribution in [1.82, 2.24) is 9.55 Å². The molecule has 4 rings (SSSR count). The summed E-state index contributed by atoms with van der Waals surface area (Å²) in [7, 11) is -1.97. The summed E-state index contributed by atoms with van der Waals surface area (Å²) in [6.07, 6.45) is 2.31. The first kappa shape index (κ1) is 25.2. The second-order valence-electron chi connectivity index (χ2n) is 9.55. The van der Waals surface area contributed by atoms with Crippen LogP contribution in [0.4, 0.5) is 10.1 Å². The predicted molar refractivity (Wildman–Crippen MR) is 139 cm³/mol.